The van der Waals surface area contributed by atoms with E-state index in [1.54, 1.807) is 0 Å². The molecule has 0 saturated carbocycles. The fourth-order valence-electron chi connectivity index (χ4n) is 2.35. The predicted octanol–water partition coefficient (Wildman–Crippen LogP) is 2.43. The number of rotatable bonds is 2. The van der Waals surface area contributed by atoms with E-state index in [0.717, 1.165) is 6.54 Å². The average molecular weight is 221 g/mol. The van der Waals surface area contributed by atoms with Crippen molar-refractivity contribution in [1.29, 1.82) is 0 Å². The Kier molecular flexibility index (Phi) is 3.06. The molecule has 90 valence electrons. The molecular weight excluding hydrogens is 198 g/mol. The van der Waals surface area contributed by atoms with Gasteiger partial charge in [-0.05, 0) is 24.7 Å². The Bertz CT molecular complexity index is 360. The maximum absolute atomic E-state index is 4.37. The molecular formula is C13H23N3. The summed E-state index contributed by atoms with van der Waals surface area (Å²) in [7, 11) is 2.05. The van der Waals surface area contributed by atoms with E-state index >= 15 is 0 Å². The van der Waals surface area contributed by atoms with E-state index < -0.39 is 0 Å². The number of fused-ring (bicyclic) bond motifs is 1. The number of hydrogen-bond acceptors (Lipinski definition) is 2. The fourth-order valence-corrected chi connectivity index (χ4v) is 2.35. The molecule has 1 aliphatic carbocycles. The third-order valence-corrected chi connectivity index (χ3v) is 3.25. The molecule has 2 rings (SSSR count). The Morgan fingerprint density at radius 2 is 2.25 bits per heavy atom. The zero-order valence-electron chi connectivity index (χ0n) is 10.9. The summed E-state index contributed by atoms with van der Waals surface area (Å²) in [5.74, 6) is 0. The number of nitrogens with one attached hydrogen (secondary N) is 1. The van der Waals surface area contributed by atoms with E-state index in [1.165, 1.54) is 30.5 Å². The zero-order chi connectivity index (χ0) is 11.8. The molecule has 0 amide bonds. The van der Waals surface area contributed by atoms with Crippen LogP contribution in [0.2, 0.25) is 0 Å². The quantitative estimate of drug-likeness (QED) is 0.831. The highest BCUT2D eigenvalue weighted by atomic mass is 15.3. The Balaban J connectivity index is 2.08. The molecule has 0 spiro atoms. The standard InChI is InChI=1S/C13H23N3/c1-13(2,3)9-14-11-6-5-7-12-10(11)8-15-16(12)4/h8,11,14H,5-7,9H2,1-4H3. The average Bonchev–Trinajstić information content (AvgIpc) is 2.57. The van der Waals surface area contributed by atoms with Gasteiger partial charge in [0.15, 0.2) is 0 Å². The molecule has 1 N–H and O–H groups in total. The minimum atomic E-state index is 0.347. The van der Waals surface area contributed by atoms with E-state index in [-0.39, 0.29) is 0 Å². The number of aromatic nitrogens is 2. The molecule has 3 heteroatoms. The molecule has 0 aliphatic heterocycles. The SMILES string of the molecule is Cn1ncc2c1CCCC2NCC(C)(C)C. The molecule has 1 unspecified atom stereocenters. The van der Waals surface area contributed by atoms with Crippen LogP contribution in [0.4, 0.5) is 0 Å². The summed E-state index contributed by atoms with van der Waals surface area (Å²) in [4.78, 5) is 0. The second kappa shape index (κ2) is 4.21. The van der Waals surface area contributed by atoms with E-state index in [1.807, 2.05) is 17.9 Å². The van der Waals surface area contributed by atoms with E-state index in [4.69, 9.17) is 0 Å². The lowest BCUT2D eigenvalue weighted by Crippen LogP contribution is -2.32. The summed E-state index contributed by atoms with van der Waals surface area (Å²) in [6, 6.07) is 0.511. The van der Waals surface area contributed by atoms with Gasteiger partial charge in [0.05, 0.1) is 6.20 Å². The summed E-state index contributed by atoms with van der Waals surface area (Å²) in [6.45, 7) is 7.87. The Morgan fingerprint density at radius 1 is 1.50 bits per heavy atom. The molecule has 1 atom stereocenters. The normalized spacial score (nSPS) is 20.9. The van der Waals surface area contributed by atoms with Crippen LogP contribution in [-0.4, -0.2) is 16.3 Å². The third-order valence-electron chi connectivity index (χ3n) is 3.25. The fraction of sp³-hybridized carbons (Fsp3) is 0.769. The van der Waals surface area contributed by atoms with Gasteiger partial charge in [-0.2, -0.15) is 5.10 Å². The lowest BCUT2D eigenvalue weighted by molar-refractivity contribution is 0.336. The molecule has 0 bridgehead atoms. The van der Waals surface area contributed by atoms with Crippen molar-refractivity contribution in [3.8, 4) is 0 Å². The largest absolute Gasteiger partial charge is 0.309 e. The van der Waals surface area contributed by atoms with Crippen LogP contribution in [-0.2, 0) is 13.5 Å². The predicted molar refractivity (Wildman–Crippen MR) is 66.3 cm³/mol. The van der Waals surface area contributed by atoms with Crippen molar-refractivity contribution in [1.82, 2.24) is 15.1 Å². The van der Waals surface area contributed by atoms with Gasteiger partial charge in [-0.3, -0.25) is 4.68 Å². The van der Waals surface area contributed by atoms with Crippen LogP contribution >= 0.6 is 0 Å². The third kappa shape index (κ3) is 2.46. The first kappa shape index (κ1) is 11.6. The second-order valence-corrected chi connectivity index (χ2v) is 6.06. The van der Waals surface area contributed by atoms with Gasteiger partial charge in [-0.15, -0.1) is 0 Å². The molecule has 16 heavy (non-hydrogen) atoms. The van der Waals surface area contributed by atoms with Crippen molar-refractivity contribution in [3.63, 3.8) is 0 Å². The minimum Gasteiger partial charge on any atom is -0.309 e. The van der Waals surface area contributed by atoms with Crippen LogP contribution in [0, 0.1) is 5.41 Å². The number of aryl methyl sites for hydroxylation is 1. The van der Waals surface area contributed by atoms with Gasteiger partial charge in [0, 0.05) is 30.9 Å². The summed E-state index contributed by atoms with van der Waals surface area (Å²) in [6.07, 6.45) is 5.73. The van der Waals surface area contributed by atoms with Crippen LogP contribution in [0.25, 0.3) is 0 Å². The van der Waals surface area contributed by atoms with Crippen LogP contribution in [0.5, 0.6) is 0 Å². The van der Waals surface area contributed by atoms with Crippen molar-refractivity contribution in [2.75, 3.05) is 6.54 Å². The Morgan fingerprint density at radius 3 is 2.94 bits per heavy atom. The maximum atomic E-state index is 4.37. The van der Waals surface area contributed by atoms with Gasteiger partial charge in [0.2, 0.25) is 0 Å². The van der Waals surface area contributed by atoms with Gasteiger partial charge < -0.3 is 5.32 Å². The van der Waals surface area contributed by atoms with Crippen LogP contribution in [0.3, 0.4) is 0 Å². The highest BCUT2D eigenvalue weighted by Gasteiger charge is 2.24. The first-order valence-corrected chi connectivity index (χ1v) is 6.21. The molecule has 0 aromatic carbocycles. The summed E-state index contributed by atoms with van der Waals surface area (Å²) < 4.78 is 2.03. The zero-order valence-corrected chi connectivity index (χ0v) is 10.9. The van der Waals surface area contributed by atoms with Gasteiger partial charge in [-0.25, -0.2) is 0 Å². The van der Waals surface area contributed by atoms with Crippen molar-refractivity contribution in [3.05, 3.63) is 17.5 Å². The highest BCUT2D eigenvalue weighted by molar-refractivity contribution is 5.24. The first-order valence-electron chi connectivity index (χ1n) is 6.21. The molecule has 0 radical (unpaired) electrons. The summed E-state index contributed by atoms with van der Waals surface area (Å²) in [5, 5.41) is 8.05. The van der Waals surface area contributed by atoms with E-state index in [9.17, 15) is 0 Å². The Labute approximate surface area is 98.2 Å². The van der Waals surface area contributed by atoms with E-state index in [2.05, 4.69) is 31.2 Å². The molecule has 1 aliphatic rings. The van der Waals surface area contributed by atoms with Gasteiger partial charge in [0.25, 0.3) is 0 Å². The first-order chi connectivity index (χ1) is 7.47. The molecule has 0 saturated heterocycles. The van der Waals surface area contributed by atoms with Crippen molar-refractivity contribution < 1.29 is 0 Å². The minimum absolute atomic E-state index is 0.347. The van der Waals surface area contributed by atoms with Gasteiger partial charge in [-0.1, -0.05) is 20.8 Å². The van der Waals surface area contributed by atoms with Crippen LogP contribution in [0.1, 0.15) is 50.9 Å². The van der Waals surface area contributed by atoms with Crippen LogP contribution < -0.4 is 5.32 Å². The topological polar surface area (TPSA) is 29.9 Å². The monoisotopic (exact) mass is 221 g/mol. The van der Waals surface area contributed by atoms with Gasteiger partial charge in [0.1, 0.15) is 0 Å². The molecule has 1 aromatic rings. The van der Waals surface area contributed by atoms with Gasteiger partial charge >= 0.3 is 0 Å². The number of hydrogen-bond donors (Lipinski definition) is 1. The highest BCUT2D eigenvalue weighted by Crippen LogP contribution is 2.29. The number of nitrogens with zero attached hydrogens (tertiary/aromatic N) is 2. The van der Waals surface area contributed by atoms with Crippen LogP contribution in [0.15, 0.2) is 6.20 Å². The van der Waals surface area contributed by atoms with E-state index in [0.29, 0.717) is 11.5 Å². The smallest absolute Gasteiger partial charge is 0.0540 e. The Hall–Kier alpha value is -0.830. The van der Waals surface area contributed by atoms with Crippen molar-refractivity contribution in [2.24, 2.45) is 12.5 Å². The summed E-state index contributed by atoms with van der Waals surface area (Å²) >= 11 is 0. The second-order valence-electron chi connectivity index (χ2n) is 6.06. The molecule has 3 nitrogen and oxygen atoms in total. The lowest BCUT2D eigenvalue weighted by Gasteiger charge is -2.28. The molecule has 1 aromatic heterocycles. The molecule has 1 heterocycles. The maximum Gasteiger partial charge on any atom is 0.0540 e. The van der Waals surface area contributed by atoms with Crippen molar-refractivity contribution in [2.45, 2.75) is 46.1 Å². The molecule has 0 fully saturated rings. The van der Waals surface area contributed by atoms with Crippen molar-refractivity contribution >= 4 is 0 Å². The summed E-state index contributed by atoms with van der Waals surface area (Å²) in [5.41, 5.74) is 3.18. The lowest BCUT2D eigenvalue weighted by atomic mass is 9.91.